The summed E-state index contributed by atoms with van der Waals surface area (Å²) < 4.78 is 40.7. The Kier molecular flexibility index (Phi) is 23.5. The molecule has 32 rings (SSSR count). The molecule has 141 heavy (non-hydrogen) atoms. The highest BCUT2D eigenvalue weighted by molar-refractivity contribution is 14.1. The fourth-order valence-electron chi connectivity index (χ4n) is 24.1. The highest BCUT2D eigenvalue weighted by atomic mass is 127. The van der Waals surface area contributed by atoms with Gasteiger partial charge in [0, 0.05) is 196 Å². The second kappa shape index (κ2) is 37.5. The van der Waals surface area contributed by atoms with Crippen molar-refractivity contribution in [3.63, 3.8) is 0 Å². The SMILES string of the molecule is Brc1cccc(-c2ccc(I)cc2)c1.Brc1cccc(-c2ccc(N(c3ccc4c(c3)oc3ccccc34)c3ccc4c(c3)oc3ccccc34)cc2)c1.C.C1=Cc2c(oc3cc(Nc4ccc5c(c4)oc4ccccc45)ccc23)CC1.C1C2CC3CC1CC(C2)N3.c1cc(-c2ccc(N(c3ccc4c(c3)oc3ccccc34)c3ccc4c(c3)oc3ccccc34)cc2)cc(N2C3CC4CC(C3)CC2C4)c1. The molecule has 4 aliphatic heterocycles. The number of nitrogens with one attached hydrogen (secondary N) is 2. The van der Waals surface area contributed by atoms with Gasteiger partial charge in [-0.2, -0.15) is 0 Å². The van der Waals surface area contributed by atoms with Crippen LogP contribution in [0.1, 0.15) is 89.4 Å². The average Bonchev–Trinajstić information content (AvgIpc) is 1.45. The van der Waals surface area contributed by atoms with Crippen LogP contribution in [-0.4, -0.2) is 24.2 Å². The van der Waals surface area contributed by atoms with E-state index in [4.69, 9.17) is 26.5 Å². The predicted octanol–water partition coefficient (Wildman–Crippen LogP) is 37.7. The number of furan rings is 6. The summed E-state index contributed by atoms with van der Waals surface area (Å²) in [6.07, 6.45) is 20.9. The second-order valence-electron chi connectivity index (χ2n) is 39.1. The number of hydrogen-bond acceptors (Lipinski definition) is 11. The topological polar surface area (TPSA) is 113 Å². The molecular weight excluding hydrogens is 1980 g/mol. The minimum absolute atomic E-state index is 0. The van der Waals surface area contributed by atoms with Crippen molar-refractivity contribution in [3.05, 3.63) is 406 Å². The zero-order valence-electron chi connectivity index (χ0n) is 77.0. The summed E-state index contributed by atoms with van der Waals surface area (Å²) in [5, 5.41) is 19.6. The lowest BCUT2D eigenvalue weighted by atomic mass is 9.63. The van der Waals surface area contributed by atoms with Crippen LogP contribution in [0.25, 0.3) is 160 Å². The van der Waals surface area contributed by atoms with Crippen molar-refractivity contribution in [1.82, 2.24) is 5.32 Å². The Morgan fingerprint density at radius 3 is 1.00 bits per heavy atom. The minimum Gasteiger partial charge on any atom is -0.460 e. The number of halogens is 3. The van der Waals surface area contributed by atoms with Crippen LogP contribution in [0.4, 0.5) is 51.2 Å². The molecule has 8 fully saturated rings. The first kappa shape index (κ1) is 88.3. The lowest BCUT2D eigenvalue weighted by Gasteiger charge is -2.57. The highest BCUT2D eigenvalue weighted by Gasteiger charge is 2.47. The molecule has 2 N–H and O–H groups in total. The molecule has 23 aromatic rings. The Bertz CT molecular complexity index is 8390. The third-order valence-corrected chi connectivity index (χ3v) is 31.9. The normalized spacial score (nSPS) is 18.4. The van der Waals surface area contributed by atoms with Gasteiger partial charge in [-0.05, 0) is 326 Å². The first-order chi connectivity index (χ1) is 68.9. The van der Waals surface area contributed by atoms with Crippen molar-refractivity contribution in [1.29, 1.82) is 0 Å². The summed E-state index contributed by atoms with van der Waals surface area (Å²) in [6, 6.07) is 135. The van der Waals surface area contributed by atoms with E-state index in [0.717, 1.165) is 242 Å². The van der Waals surface area contributed by atoms with Gasteiger partial charge in [0.2, 0.25) is 0 Å². The maximum Gasteiger partial charge on any atom is 0.137 e. The number of nitrogens with zero attached hydrogens (tertiary/aromatic N) is 3. The number of rotatable bonds is 12. The number of aryl methyl sites for hydroxylation is 1. The van der Waals surface area contributed by atoms with Crippen LogP contribution in [-0.2, 0) is 6.42 Å². The molecule has 4 saturated heterocycles. The van der Waals surface area contributed by atoms with E-state index in [2.05, 4.69) is 377 Å². The van der Waals surface area contributed by atoms with E-state index in [1.165, 1.54) is 106 Å². The molecule has 10 heterocycles. The molecule has 0 radical (unpaired) electrons. The smallest absolute Gasteiger partial charge is 0.137 e. The van der Waals surface area contributed by atoms with E-state index in [1.807, 2.05) is 91.0 Å². The fourth-order valence-corrected chi connectivity index (χ4v) is 25.3. The van der Waals surface area contributed by atoms with Gasteiger partial charge in [-0.15, -0.1) is 0 Å². The van der Waals surface area contributed by atoms with Gasteiger partial charge in [0.1, 0.15) is 67.2 Å². The first-order valence-corrected chi connectivity index (χ1v) is 51.9. The van der Waals surface area contributed by atoms with Gasteiger partial charge in [0.05, 0.1) is 0 Å². The van der Waals surface area contributed by atoms with Crippen LogP contribution >= 0.6 is 54.5 Å². The minimum atomic E-state index is 0. The second-order valence-corrected chi connectivity index (χ2v) is 42.2. The third kappa shape index (κ3) is 17.3. The van der Waals surface area contributed by atoms with Crippen molar-refractivity contribution < 1.29 is 26.5 Å². The van der Waals surface area contributed by atoms with E-state index in [9.17, 15) is 0 Å². The molecule has 14 heteroatoms. The van der Waals surface area contributed by atoms with Gasteiger partial charge in [0.25, 0.3) is 0 Å². The number of benzene rings is 17. The Balaban J connectivity index is 0.000000101. The van der Waals surface area contributed by atoms with E-state index < -0.39 is 0 Å². The van der Waals surface area contributed by atoms with Crippen LogP contribution in [0, 0.1) is 27.2 Å². The summed E-state index contributed by atoms with van der Waals surface area (Å²) in [6.45, 7) is 0. The van der Waals surface area contributed by atoms with Gasteiger partial charge in [0.15, 0.2) is 0 Å². The Hall–Kier alpha value is -14.1. The molecule has 11 nitrogen and oxygen atoms in total. The van der Waals surface area contributed by atoms with Crippen LogP contribution < -0.4 is 25.3 Å². The van der Waals surface area contributed by atoms with Crippen molar-refractivity contribution in [2.45, 2.75) is 109 Å². The molecular formula is C127H102Br2IN5O6. The van der Waals surface area contributed by atoms with Crippen molar-refractivity contribution in [3.8, 4) is 33.4 Å². The predicted molar refractivity (Wildman–Crippen MR) is 600 cm³/mol. The number of fused-ring (bicyclic) bond motifs is 18. The summed E-state index contributed by atoms with van der Waals surface area (Å²) >= 11 is 9.38. The third-order valence-electron chi connectivity index (χ3n) is 30.2. The summed E-state index contributed by atoms with van der Waals surface area (Å²) in [4.78, 5) is 7.35. The molecule has 0 unspecified atom stereocenters. The van der Waals surface area contributed by atoms with Crippen molar-refractivity contribution in [2.24, 2.45) is 23.7 Å². The molecule has 0 amide bonds. The Labute approximate surface area is 848 Å². The fraction of sp³-hybridized carbons (Fsp3) is 0.165. The number of para-hydroxylation sites is 5. The highest BCUT2D eigenvalue weighted by Crippen LogP contribution is 2.53. The van der Waals surface area contributed by atoms with E-state index in [0.29, 0.717) is 0 Å². The molecule has 8 bridgehead atoms. The summed E-state index contributed by atoms with van der Waals surface area (Å²) in [5.74, 6) is 5.23. The van der Waals surface area contributed by atoms with Crippen LogP contribution in [0.2, 0.25) is 0 Å². The van der Waals surface area contributed by atoms with Crippen molar-refractivity contribution >= 4 is 232 Å². The van der Waals surface area contributed by atoms with Gasteiger partial charge < -0.3 is 51.8 Å². The van der Waals surface area contributed by atoms with Crippen molar-refractivity contribution in [2.75, 3.05) is 20.0 Å². The molecule has 4 saturated carbocycles. The Morgan fingerprint density at radius 2 is 0.610 bits per heavy atom. The first-order valence-electron chi connectivity index (χ1n) is 49.2. The maximum absolute atomic E-state index is 6.35. The average molecular weight is 2080 g/mol. The van der Waals surface area contributed by atoms with Gasteiger partial charge in [-0.3, -0.25) is 0 Å². The lowest BCUT2D eigenvalue weighted by molar-refractivity contribution is 0.0604. The molecule has 692 valence electrons. The quantitative estimate of drug-likeness (QED) is 0.114. The largest absolute Gasteiger partial charge is 0.460 e. The van der Waals surface area contributed by atoms with Crippen LogP contribution in [0.3, 0.4) is 0 Å². The molecule has 0 atom stereocenters. The monoisotopic (exact) mass is 2080 g/mol. The van der Waals surface area contributed by atoms with Crippen LogP contribution in [0.5, 0.6) is 0 Å². The standard InChI is InChI=1S/C45H36N2O2.C36H22BrNO2.C24H17NO2.C12H8BrI.C9H15N.CH4/c1-3-10-42-38(8-1)40-18-16-34(26-44(40)48-42)46(35-17-19-41-39-9-2-4-11-43(39)49-45(41)27-35)32-14-12-30(13-15-32)31-6-5-7-33(25-31)47-36-21-28-20-29(23-36)24-37(47)22-28;37-25-7-5-6-24(20-25)23-12-14-26(15-13-23)38(27-16-18-31-29-8-1-3-10-33(29)39-35(31)21-27)28-17-19-32-30-9-2-4-11-34(30)40-36(32)22-28;1-3-7-21-17(5-1)19-11-9-15(13-23(19)26-21)25-16-10-12-20-18-6-2-4-8-22(18)27-24(20)14-16;13-11-3-1-2-10(8-11)9-4-6-12(14)7-5-9;1-6-2-8-4-7(1)5-9(3-6)10-8;/h1-19,25-29,36-37H,20-24H2;1-22H;1-3,5-7,9-14,25H,4,8H2;1-8H;6-10H,1-5H2;1H4. The summed E-state index contributed by atoms with van der Waals surface area (Å²) in [7, 11) is 0. The Morgan fingerprint density at radius 1 is 0.284 bits per heavy atom. The molecule has 9 aliphatic rings. The molecule has 5 aliphatic carbocycles. The zero-order chi connectivity index (χ0) is 93.0. The van der Waals surface area contributed by atoms with E-state index >= 15 is 0 Å². The van der Waals surface area contributed by atoms with E-state index in [-0.39, 0.29) is 7.43 Å². The molecule has 17 aromatic carbocycles. The number of anilines is 9. The maximum atomic E-state index is 6.35. The number of piperidine rings is 4. The molecule has 6 aromatic heterocycles. The molecule has 0 spiro atoms. The zero-order valence-corrected chi connectivity index (χ0v) is 82.3. The lowest BCUT2D eigenvalue weighted by Crippen LogP contribution is -2.58. The summed E-state index contributed by atoms with van der Waals surface area (Å²) in [5.41, 5.74) is 28.0. The number of allylic oxidation sites excluding steroid dienone is 1. The number of hydrogen-bond donors (Lipinski definition) is 2. The van der Waals surface area contributed by atoms with Gasteiger partial charge >= 0.3 is 0 Å². The van der Waals surface area contributed by atoms with Gasteiger partial charge in [-0.1, -0.05) is 215 Å². The van der Waals surface area contributed by atoms with Gasteiger partial charge in [-0.25, -0.2) is 0 Å². The van der Waals surface area contributed by atoms with E-state index in [1.54, 1.807) is 6.42 Å². The van der Waals surface area contributed by atoms with Crippen LogP contribution in [0.15, 0.2) is 418 Å².